The Kier molecular flexibility index (Phi) is 5.32. The quantitative estimate of drug-likeness (QED) is 0.862. The van der Waals surface area contributed by atoms with E-state index in [4.69, 9.17) is 9.47 Å². The Bertz CT molecular complexity index is 574. The third-order valence-electron chi connectivity index (χ3n) is 5.67. The van der Waals surface area contributed by atoms with E-state index in [9.17, 15) is 4.79 Å². The zero-order valence-electron chi connectivity index (χ0n) is 14.9. The molecule has 0 aromatic heterocycles. The average Bonchev–Trinajstić information content (AvgIpc) is 3.11. The summed E-state index contributed by atoms with van der Waals surface area (Å²) in [6.45, 7) is 6.11. The first-order valence-corrected chi connectivity index (χ1v) is 9.36. The fraction of sp³-hybridized carbons (Fsp3) is 0.650. The van der Waals surface area contributed by atoms with Crippen molar-refractivity contribution < 1.29 is 14.3 Å². The SMILES string of the molecule is CCC(CC)C(=O)NCC1(c2ccc3c(c2)OCCO3)CCCC1. The summed E-state index contributed by atoms with van der Waals surface area (Å²) in [5.74, 6) is 2.00. The fourth-order valence-electron chi connectivity index (χ4n) is 4.05. The van der Waals surface area contributed by atoms with Gasteiger partial charge in [0.25, 0.3) is 0 Å². The monoisotopic (exact) mass is 331 g/mol. The standard InChI is InChI=1S/C20H29NO3/c1-3-15(4-2)19(22)21-14-20(9-5-6-10-20)16-7-8-17-18(13-16)24-12-11-23-17/h7-8,13,15H,3-6,9-12,14H2,1-2H3,(H,21,22). The van der Waals surface area contributed by atoms with E-state index in [2.05, 4.69) is 31.3 Å². The summed E-state index contributed by atoms with van der Waals surface area (Å²) >= 11 is 0. The molecule has 4 heteroatoms. The highest BCUT2D eigenvalue weighted by atomic mass is 16.6. The summed E-state index contributed by atoms with van der Waals surface area (Å²) in [7, 11) is 0. The maximum absolute atomic E-state index is 12.4. The number of benzene rings is 1. The Hall–Kier alpha value is -1.71. The lowest BCUT2D eigenvalue weighted by atomic mass is 9.78. The molecule has 24 heavy (non-hydrogen) atoms. The Morgan fingerprint density at radius 1 is 1.12 bits per heavy atom. The highest BCUT2D eigenvalue weighted by molar-refractivity contribution is 5.78. The van der Waals surface area contributed by atoms with Gasteiger partial charge in [-0.05, 0) is 43.4 Å². The molecule has 4 nitrogen and oxygen atoms in total. The van der Waals surface area contributed by atoms with Gasteiger partial charge in [0.05, 0.1) is 0 Å². The van der Waals surface area contributed by atoms with Crippen LogP contribution in [0, 0.1) is 5.92 Å². The first-order valence-electron chi connectivity index (χ1n) is 9.36. The minimum Gasteiger partial charge on any atom is -0.486 e. The first-order chi connectivity index (χ1) is 11.7. The van der Waals surface area contributed by atoms with Gasteiger partial charge in [0.15, 0.2) is 11.5 Å². The summed E-state index contributed by atoms with van der Waals surface area (Å²) in [5, 5.41) is 3.23. The molecule has 3 rings (SSSR count). The van der Waals surface area contributed by atoms with E-state index in [0.717, 1.165) is 43.7 Å². The summed E-state index contributed by atoms with van der Waals surface area (Å²) in [6, 6.07) is 6.30. The normalized spacial score (nSPS) is 18.6. The molecule has 1 heterocycles. The molecule has 1 aromatic carbocycles. The minimum atomic E-state index is 0.0392. The van der Waals surface area contributed by atoms with Crippen LogP contribution in [0.1, 0.15) is 57.9 Å². The summed E-state index contributed by atoms with van der Waals surface area (Å²) in [4.78, 5) is 12.4. The van der Waals surface area contributed by atoms with Crippen LogP contribution < -0.4 is 14.8 Å². The van der Waals surface area contributed by atoms with E-state index in [-0.39, 0.29) is 17.2 Å². The van der Waals surface area contributed by atoms with E-state index in [1.54, 1.807) is 0 Å². The predicted octanol–water partition coefficient (Wildman–Crippen LogP) is 3.82. The van der Waals surface area contributed by atoms with Crippen LogP contribution in [0.2, 0.25) is 0 Å². The molecule has 0 bridgehead atoms. The van der Waals surface area contributed by atoms with Crippen molar-refractivity contribution in [1.82, 2.24) is 5.32 Å². The van der Waals surface area contributed by atoms with Gasteiger partial charge in [0.2, 0.25) is 5.91 Å². The van der Waals surface area contributed by atoms with Gasteiger partial charge in [-0.25, -0.2) is 0 Å². The molecule has 132 valence electrons. The van der Waals surface area contributed by atoms with Gasteiger partial charge < -0.3 is 14.8 Å². The molecule has 1 N–H and O–H groups in total. The van der Waals surface area contributed by atoms with Crippen LogP contribution in [0.5, 0.6) is 11.5 Å². The lowest BCUT2D eigenvalue weighted by Crippen LogP contribution is -2.41. The molecular weight excluding hydrogens is 302 g/mol. The van der Waals surface area contributed by atoms with E-state index < -0.39 is 0 Å². The van der Waals surface area contributed by atoms with Gasteiger partial charge in [-0.1, -0.05) is 32.8 Å². The van der Waals surface area contributed by atoms with Gasteiger partial charge in [-0.15, -0.1) is 0 Å². The number of hydrogen-bond acceptors (Lipinski definition) is 3. The van der Waals surface area contributed by atoms with Crippen molar-refractivity contribution in [2.24, 2.45) is 5.92 Å². The van der Waals surface area contributed by atoms with Gasteiger partial charge in [0.1, 0.15) is 13.2 Å². The average molecular weight is 331 g/mol. The van der Waals surface area contributed by atoms with E-state index >= 15 is 0 Å². The molecule has 1 saturated carbocycles. The number of carbonyl (C=O) groups excluding carboxylic acids is 1. The van der Waals surface area contributed by atoms with Crippen LogP contribution >= 0.6 is 0 Å². The van der Waals surface area contributed by atoms with Crippen LogP contribution in [0.4, 0.5) is 0 Å². The number of ether oxygens (including phenoxy) is 2. The fourth-order valence-corrected chi connectivity index (χ4v) is 4.05. The molecule has 0 saturated heterocycles. The van der Waals surface area contributed by atoms with Crippen molar-refractivity contribution in [3.8, 4) is 11.5 Å². The molecule has 0 spiro atoms. The van der Waals surface area contributed by atoms with Crippen molar-refractivity contribution in [1.29, 1.82) is 0 Å². The zero-order chi connectivity index (χ0) is 17.0. The van der Waals surface area contributed by atoms with Crippen LogP contribution in [0.15, 0.2) is 18.2 Å². The van der Waals surface area contributed by atoms with Crippen molar-refractivity contribution >= 4 is 5.91 Å². The van der Waals surface area contributed by atoms with E-state index in [1.165, 1.54) is 18.4 Å². The number of rotatable bonds is 6. The van der Waals surface area contributed by atoms with Crippen molar-refractivity contribution in [2.75, 3.05) is 19.8 Å². The smallest absolute Gasteiger partial charge is 0.223 e. The highest BCUT2D eigenvalue weighted by Gasteiger charge is 2.37. The molecule has 0 radical (unpaired) electrons. The molecule has 1 aromatic rings. The van der Waals surface area contributed by atoms with E-state index in [1.807, 2.05) is 6.07 Å². The molecular formula is C20H29NO3. The molecule has 1 amide bonds. The number of nitrogens with one attached hydrogen (secondary N) is 1. The second kappa shape index (κ2) is 7.45. The van der Waals surface area contributed by atoms with Gasteiger partial charge in [-0.3, -0.25) is 4.79 Å². The number of hydrogen-bond donors (Lipinski definition) is 1. The third-order valence-corrected chi connectivity index (χ3v) is 5.67. The minimum absolute atomic E-state index is 0.0392. The summed E-state index contributed by atoms with van der Waals surface area (Å²) in [6.07, 6.45) is 6.48. The molecule has 1 fully saturated rings. The van der Waals surface area contributed by atoms with Gasteiger partial charge in [-0.2, -0.15) is 0 Å². The lowest BCUT2D eigenvalue weighted by Gasteiger charge is -2.32. The second-order valence-corrected chi connectivity index (χ2v) is 7.08. The molecule has 0 unspecified atom stereocenters. The Morgan fingerprint density at radius 2 is 1.79 bits per heavy atom. The largest absolute Gasteiger partial charge is 0.486 e. The third kappa shape index (κ3) is 3.38. The Labute approximate surface area is 144 Å². The van der Waals surface area contributed by atoms with Crippen molar-refractivity contribution in [3.63, 3.8) is 0 Å². The molecule has 0 atom stereocenters. The maximum Gasteiger partial charge on any atom is 0.223 e. The molecule has 2 aliphatic rings. The number of carbonyl (C=O) groups is 1. The summed E-state index contributed by atoms with van der Waals surface area (Å²) in [5.41, 5.74) is 1.31. The highest BCUT2D eigenvalue weighted by Crippen LogP contribution is 2.43. The number of fused-ring (bicyclic) bond motifs is 1. The Balaban J connectivity index is 1.77. The Morgan fingerprint density at radius 3 is 2.46 bits per heavy atom. The lowest BCUT2D eigenvalue weighted by molar-refractivity contribution is -0.125. The maximum atomic E-state index is 12.4. The number of amides is 1. The topological polar surface area (TPSA) is 47.6 Å². The van der Waals surface area contributed by atoms with Crippen molar-refractivity contribution in [3.05, 3.63) is 23.8 Å². The van der Waals surface area contributed by atoms with Crippen LogP contribution in [0.25, 0.3) is 0 Å². The predicted molar refractivity (Wildman–Crippen MR) is 94.7 cm³/mol. The van der Waals surface area contributed by atoms with Gasteiger partial charge >= 0.3 is 0 Å². The first kappa shape index (κ1) is 17.1. The zero-order valence-corrected chi connectivity index (χ0v) is 14.9. The van der Waals surface area contributed by atoms with Crippen LogP contribution in [-0.4, -0.2) is 25.7 Å². The van der Waals surface area contributed by atoms with Crippen LogP contribution in [-0.2, 0) is 10.2 Å². The van der Waals surface area contributed by atoms with Gasteiger partial charge in [0, 0.05) is 17.9 Å². The molecule has 1 aliphatic heterocycles. The second-order valence-electron chi connectivity index (χ2n) is 7.08. The van der Waals surface area contributed by atoms with Crippen molar-refractivity contribution in [2.45, 2.75) is 57.8 Å². The molecule has 1 aliphatic carbocycles. The van der Waals surface area contributed by atoms with E-state index in [0.29, 0.717) is 13.2 Å². The van der Waals surface area contributed by atoms with Crippen LogP contribution in [0.3, 0.4) is 0 Å². The summed E-state index contributed by atoms with van der Waals surface area (Å²) < 4.78 is 11.4.